The van der Waals surface area contributed by atoms with Crippen molar-refractivity contribution in [2.24, 2.45) is 0 Å². The van der Waals surface area contributed by atoms with Crippen LogP contribution in [0.5, 0.6) is 0 Å². The second-order valence-corrected chi connectivity index (χ2v) is 15.7. The van der Waals surface area contributed by atoms with Crippen molar-refractivity contribution in [2.75, 3.05) is 39.3 Å². The third-order valence-corrected chi connectivity index (χ3v) is 18.2. The first-order valence-electron chi connectivity index (χ1n) is 9.23. The predicted molar refractivity (Wildman–Crippen MR) is 103 cm³/mol. The van der Waals surface area contributed by atoms with E-state index in [0.717, 1.165) is 0 Å². The molecule has 0 radical (unpaired) electrons. The van der Waals surface area contributed by atoms with Crippen LogP contribution in [-0.2, 0) is 0 Å². The summed E-state index contributed by atoms with van der Waals surface area (Å²) in [5.41, 5.74) is 0.274. The third kappa shape index (κ3) is 3.68. The second kappa shape index (κ2) is 8.07. The van der Waals surface area contributed by atoms with Crippen molar-refractivity contribution < 1.29 is 20.0 Å². The van der Waals surface area contributed by atoms with Crippen LogP contribution in [0.15, 0.2) is 0 Å². The van der Waals surface area contributed by atoms with Crippen molar-refractivity contribution in [2.45, 2.75) is 64.8 Å². The van der Waals surface area contributed by atoms with Crippen LogP contribution in [0.2, 0.25) is 0 Å². The normalized spacial score (nSPS) is 25.7. The van der Waals surface area contributed by atoms with Gasteiger partial charge >= 0.3 is 164 Å². The fourth-order valence-electron chi connectivity index (χ4n) is 4.31. The van der Waals surface area contributed by atoms with E-state index in [1.807, 2.05) is 0 Å². The van der Waals surface area contributed by atoms with Crippen molar-refractivity contribution in [1.29, 1.82) is 0 Å². The van der Waals surface area contributed by atoms with E-state index in [1.54, 1.807) is 0 Å². The summed E-state index contributed by atoms with van der Waals surface area (Å²) in [7, 11) is -1.50. The molecule has 0 spiro atoms. The molecule has 0 aromatic heterocycles. The Morgan fingerprint density at radius 2 is 1.04 bits per heavy atom. The molecule has 0 atom stereocenters. The molecular weight excluding hydrogens is 533 g/mol. The molecule has 0 aliphatic carbocycles. The van der Waals surface area contributed by atoms with E-state index in [0.29, 0.717) is 0 Å². The molecule has 0 N–H and O–H groups in total. The Morgan fingerprint density at radius 3 is 1.26 bits per heavy atom. The zero-order chi connectivity index (χ0) is 16.5. The zero-order valence-corrected chi connectivity index (χ0v) is 20.2. The fourth-order valence-corrected chi connectivity index (χ4v) is 21.1. The maximum absolute atomic E-state index is 3.02. The molecule has 0 unspecified atom stereocenters. The van der Waals surface area contributed by atoms with Crippen molar-refractivity contribution in [1.82, 2.24) is 14.0 Å². The third-order valence-electron chi connectivity index (χ3n) is 5.24. The van der Waals surface area contributed by atoms with E-state index < -0.39 is 7.51 Å². The standard InChI is InChI=1S/C16H33I2N4P/c1-16(2,3)22(18-17)23(19-10-4-5-11-19,20-12-6-7-13-20)21-14-8-9-15-21/h4-15H2,1-3H3. The van der Waals surface area contributed by atoms with Gasteiger partial charge < -0.3 is 0 Å². The SMILES string of the molecule is CC(C)(C)[N+]([I-]I)=P(N1CCCC1)(N1CCCC1)N1CCCC1. The number of hydrogen-bond donors (Lipinski definition) is 0. The molecule has 7 heteroatoms. The molecule has 4 nitrogen and oxygen atoms in total. The van der Waals surface area contributed by atoms with Crippen molar-refractivity contribution >= 4 is 26.1 Å². The Labute approximate surface area is 163 Å². The fraction of sp³-hybridized carbons (Fsp3) is 1.00. The molecule has 0 saturated carbocycles. The van der Waals surface area contributed by atoms with Crippen LogP contribution in [0.3, 0.4) is 0 Å². The van der Waals surface area contributed by atoms with Crippen molar-refractivity contribution in [3.05, 3.63) is 0 Å². The quantitative estimate of drug-likeness (QED) is 0.290. The van der Waals surface area contributed by atoms with E-state index in [4.69, 9.17) is 0 Å². The Bertz CT molecular complexity index is 412. The summed E-state index contributed by atoms with van der Waals surface area (Å²) < 4.78 is 11.9. The van der Waals surface area contributed by atoms with Crippen molar-refractivity contribution in [3.63, 3.8) is 0 Å². The Morgan fingerprint density at radius 1 is 0.739 bits per heavy atom. The van der Waals surface area contributed by atoms with Crippen LogP contribution in [-0.4, -0.2) is 61.4 Å². The van der Waals surface area contributed by atoms with Gasteiger partial charge in [-0.1, -0.05) is 0 Å². The number of hydrogen-bond acceptors (Lipinski definition) is 0. The Hall–Kier alpha value is 1.57. The first-order valence-corrected chi connectivity index (χ1v) is 18.1. The summed E-state index contributed by atoms with van der Waals surface area (Å²) >= 11 is 2.78. The molecule has 3 heterocycles. The van der Waals surface area contributed by atoms with E-state index in [9.17, 15) is 0 Å². The Balaban J connectivity index is 2.21. The topological polar surface area (TPSA) is 12.7 Å². The molecule has 136 valence electrons. The zero-order valence-electron chi connectivity index (χ0n) is 15.0. The maximum atomic E-state index is 3.02. The van der Waals surface area contributed by atoms with Gasteiger partial charge in [0.15, 0.2) is 0 Å². The molecule has 0 aromatic rings. The van der Waals surface area contributed by atoms with Crippen LogP contribution in [0, 0.1) is 0 Å². The number of halogens is 2. The summed E-state index contributed by atoms with van der Waals surface area (Å²) in [6, 6.07) is 0. The molecule has 3 aliphatic heterocycles. The van der Waals surface area contributed by atoms with Crippen molar-refractivity contribution in [3.8, 4) is 0 Å². The number of nitrogens with zero attached hydrogens (tertiary/aromatic N) is 4. The first-order chi connectivity index (χ1) is 11.0. The molecule has 3 rings (SSSR count). The first kappa shape index (κ1) is 19.3. The van der Waals surface area contributed by atoms with Gasteiger partial charge in [-0.15, -0.1) is 0 Å². The monoisotopic (exact) mass is 566 g/mol. The van der Waals surface area contributed by atoms with E-state index in [-0.39, 0.29) is 23.0 Å². The van der Waals surface area contributed by atoms with E-state index >= 15 is 0 Å². The summed E-state index contributed by atoms with van der Waals surface area (Å²) in [6.45, 7) is 15.3. The van der Waals surface area contributed by atoms with Crippen LogP contribution in [0.25, 0.3) is 0 Å². The molecule has 0 amide bonds. The van der Waals surface area contributed by atoms with Gasteiger partial charge in [-0.3, -0.25) is 0 Å². The summed E-state index contributed by atoms with van der Waals surface area (Å²) in [5, 5.41) is 0. The number of rotatable bonds is 4. The summed E-state index contributed by atoms with van der Waals surface area (Å²) in [5.74, 6) is 0. The second-order valence-electron chi connectivity index (χ2n) is 8.01. The molecule has 3 saturated heterocycles. The van der Waals surface area contributed by atoms with Gasteiger partial charge in [-0.25, -0.2) is 0 Å². The van der Waals surface area contributed by atoms with E-state index in [1.165, 1.54) is 77.8 Å². The summed E-state index contributed by atoms with van der Waals surface area (Å²) in [4.78, 5) is 0. The molecule has 0 aromatic carbocycles. The van der Waals surface area contributed by atoms with Crippen LogP contribution in [0.1, 0.15) is 59.3 Å². The van der Waals surface area contributed by atoms with E-state index in [2.05, 4.69) is 55.9 Å². The molecule has 0 bridgehead atoms. The summed E-state index contributed by atoms with van der Waals surface area (Å²) in [6.07, 6.45) is 8.42. The predicted octanol–water partition coefficient (Wildman–Crippen LogP) is 1.39. The molecule has 3 aliphatic rings. The molecular formula is C16H33I2N4P. The van der Waals surface area contributed by atoms with Gasteiger partial charge in [-0.05, 0) is 0 Å². The Kier molecular flexibility index (Phi) is 6.78. The minimum absolute atomic E-state index is 0.0357. The van der Waals surface area contributed by atoms with Gasteiger partial charge in [0.2, 0.25) is 0 Å². The van der Waals surface area contributed by atoms with Crippen LogP contribution in [0.4, 0.5) is 0 Å². The average Bonchev–Trinajstić information content (AvgIpc) is 3.26. The van der Waals surface area contributed by atoms with Gasteiger partial charge in [0.25, 0.3) is 0 Å². The molecule has 3 fully saturated rings. The average molecular weight is 566 g/mol. The molecule has 23 heavy (non-hydrogen) atoms. The van der Waals surface area contributed by atoms with Gasteiger partial charge in [-0.2, -0.15) is 0 Å². The van der Waals surface area contributed by atoms with Gasteiger partial charge in [0, 0.05) is 0 Å². The van der Waals surface area contributed by atoms with Gasteiger partial charge in [0.05, 0.1) is 0 Å². The van der Waals surface area contributed by atoms with Crippen LogP contribution < -0.4 is 17.5 Å². The van der Waals surface area contributed by atoms with Crippen LogP contribution >= 0.6 is 26.1 Å². The van der Waals surface area contributed by atoms with Gasteiger partial charge in [0.1, 0.15) is 0 Å². The minimum atomic E-state index is -1.50.